The number of anilines is 2. The second-order valence-corrected chi connectivity index (χ2v) is 13.0. The number of para-hydroxylation sites is 1. The molecule has 42 heavy (non-hydrogen) atoms. The van der Waals surface area contributed by atoms with Crippen molar-refractivity contribution in [3.63, 3.8) is 0 Å². The molecule has 3 aliphatic rings. The van der Waals surface area contributed by atoms with Crippen molar-refractivity contribution >= 4 is 22.4 Å². The molecule has 3 atom stereocenters. The molecule has 7 rings (SSSR count). The lowest BCUT2D eigenvalue weighted by Gasteiger charge is -2.45. The molecule has 2 aromatic carbocycles. The van der Waals surface area contributed by atoms with Gasteiger partial charge in [0.2, 0.25) is 0 Å². The van der Waals surface area contributed by atoms with Crippen LogP contribution >= 0.6 is 0 Å². The van der Waals surface area contributed by atoms with E-state index in [9.17, 15) is 0 Å². The molecule has 0 aliphatic carbocycles. The zero-order valence-corrected chi connectivity index (χ0v) is 25.7. The van der Waals surface area contributed by atoms with Crippen LogP contribution < -0.4 is 9.80 Å². The normalized spacial score (nSPS) is 23.6. The fourth-order valence-corrected chi connectivity index (χ4v) is 7.46. The van der Waals surface area contributed by atoms with Crippen molar-refractivity contribution in [3.05, 3.63) is 65.0 Å². The van der Waals surface area contributed by atoms with Crippen LogP contribution in [-0.4, -0.2) is 65.3 Å². The molecule has 220 valence electrons. The SMILES string of the molecule is CO[C@H]1CCN(c2nc(-c3cccc4cnn(C)c34)nc3c2CN(c2cccc(C4COC4C)c2C)CC3)CC1(C)C. The summed E-state index contributed by atoms with van der Waals surface area (Å²) < 4.78 is 13.6. The highest BCUT2D eigenvalue weighted by Crippen LogP contribution is 2.40. The molecule has 5 heterocycles. The molecule has 2 saturated heterocycles. The largest absolute Gasteiger partial charge is 0.381 e. The third-order valence-electron chi connectivity index (χ3n) is 9.95. The lowest BCUT2D eigenvalue weighted by Crippen LogP contribution is -2.50. The predicted molar refractivity (Wildman–Crippen MR) is 167 cm³/mol. The number of rotatable bonds is 5. The molecule has 0 saturated carbocycles. The zero-order valence-electron chi connectivity index (χ0n) is 25.7. The summed E-state index contributed by atoms with van der Waals surface area (Å²) >= 11 is 0. The Balaban J connectivity index is 1.32. The van der Waals surface area contributed by atoms with E-state index in [2.05, 4.69) is 79.0 Å². The minimum Gasteiger partial charge on any atom is -0.381 e. The highest BCUT2D eigenvalue weighted by atomic mass is 16.5. The van der Waals surface area contributed by atoms with E-state index in [1.807, 2.05) is 25.0 Å². The lowest BCUT2D eigenvalue weighted by atomic mass is 9.81. The summed E-state index contributed by atoms with van der Waals surface area (Å²) in [7, 11) is 3.83. The van der Waals surface area contributed by atoms with Crippen molar-refractivity contribution < 1.29 is 9.47 Å². The highest BCUT2D eigenvalue weighted by Gasteiger charge is 2.38. The molecule has 0 bridgehead atoms. The van der Waals surface area contributed by atoms with Gasteiger partial charge < -0.3 is 19.3 Å². The molecule has 0 spiro atoms. The Hall–Kier alpha value is -3.49. The first kappa shape index (κ1) is 27.3. The van der Waals surface area contributed by atoms with E-state index in [1.165, 1.54) is 22.4 Å². The Bertz CT molecular complexity index is 1640. The Labute approximate surface area is 248 Å². The standard InChI is InChI=1S/C34H42N6O2/c1-21-24(27-19-42-22(27)2)10-8-12-29(21)39-15-13-28-26(18-39)33(40-16-14-30(41-6)34(3,4)20-40)37-32(36-28)25-11-7-9-23-17-35-38(5)31(23)25/h7-12,17,22,27,30H,13-16,18-20H2,1-6H3/t22?,27?,30-/m0/s1. The van der Waals surface area contributed by atoms with Crippen LogP contribution in [0.25, 0.3) is 22.3 Å². The number of piperidine rings is 1. The third-order valence-corrected chi connectivity index (χ3v) is 9.95. The van der Waals surface area contributed by atoms with Gasteiger partial charge in [-0.25, -0.2) is 9.97 Å². The molecular formula is C34H42N6O2. The van der Waals surface area contributed by atoms with Gasteiger partial charge in [-0.05, 0) is 43.5 Å². The fraction of sp³-hybridized carbons (Fsp3) is 0.500. The van der Waals surface area contributed by atoms with Gasteiger partial charge in [-0.3, -0.25) is 4.68 Å². The number of methoxy groups -OCH3 is 1. The molecule has 2 fully saturated rings. The summed E-state index contributed by atoms with van der Waals surface area (Å²) in [6.45, 7) is 13.4. The Morgan fingerprint density at radius 1 is 1.05 bits per heavy atom. The van der Waals surface area contributed by atoms with Crippen LogP contribution in [0.15, 0.2) is 42.6 Å². The second-order valence-electron chi connectivity index (χ2n) is 13.0. The molecule has 0 N–H and O–H groups in total. The van der Waals surface area contributed by atoms with Gasteiger partial charge in [0.05, 0.1) is 36.2 Å². The Morgan fingerprint density at radius 3 is 2.62 bits per heavy atom. The summed E-state index contributed by atoms with van der Waals surface area (Å²) in [4.78, 5) is 15.7. The number of aryl methyl sites for hydroxylation is 1. The summed E-state index contributed by atoms with van der Waals surface area (Å²) in [5, 5.41) is 5.63. The van der Waals surface area contributed by atoms with E-state index in [4.69, 9.17) is 19.4 Å². The molecule has 2 aromatic heterocycles. The van der Waals surface area contributed by atoms with Crippen molar-refractivity contribution in [1.29, 1.82) is 0 Å². The minimum atomic E-state index is 0.00780. The van der Waals surface area contributed by atoms with Crippen LogP contribution in [-0.2, 0) is 29.5 Å². The summed E-state index contributed by atoms with van der Waals surface area (Å²) in [5.74, 6) is 2.33. The van der Waals surface area contributed by atoms with Gasteiger partial charge in [-0.1, -0.05) is 38.1 Å². The van der Waals surface area contributed by atoms with E-state index in [0.29, 0.717) is 5.92 Å². The molecular weight excluding hydrogens is 524 g/mol. The lowest BCUT2D eigenvalue weighted by molar-refractivity contribution is -0.0646. The maximum Gasteiger partial charge on any atom is 0.163 e. The first-order valence-electron chi connectivity index (χ1n) is 15.3. The second kappa shape index (κ2) is 10.3. The molecule has 3 aliphatic heterocycles. The third kappa shape index (κ3) is 4.47. The molecule has 0 radical (unpaired) electrons. The number of hydrogen-bond acceptors (Lipinski definition) is 7. The van der Waals surface area contributed by atoms with Crippen LogP contribution in [0.5, 0.6) is 0 Å². The maximum atomic E-state index is 5.90. The number of ether oxygens (including phenoxy) is 2. The van der Waals surface area contributed by atoms with Crippen molar-refractivity contribution in [3.8, 4) is 11.4 Å². The number of fused-ring (bicyclic) bond motifs is 2. The van der Waals surface area contributed by atoms with Crippen molar-refractivity contribution in [1.82, 2.24) is 19.7 Å². The van der Waals surface area contributed by atoms with Crippen LogP contribution in [0, 0.1) is 12.3 Å². The summed E-state index contributed by atoms with van der Waals surface area (Å²) in [6.07, 6.45) is 4.28. The first-order valence-corrected chi connectivity index (χ1v) is 15.3. The Morgan fingerprint density at radius 2 is 1.88 bits per heavy atom. The monoisotopic (exact) mass is 566 g/mol. The summed E-state index contributed by atoms with van der Waals surface area (Å²) in [5.41, 5.74) is 8.61. The van der Waals surface area contributed by atoms with Crippen molar-refractivity contribution in [2.45, 2.75) is 65.2 Å². The number of benzene rings is 2. The molecule has 8 heteroatoms. The van der Waals surface area contributed by atoms with Crippen LogP contribution in [0.3, 0.4) is 0 Å². The number of aromatic nitrogens is 4. The van der Waals surface area contributed by atoms with Crippen LogP contribution in [0.1, 0.15) is 55.5 Å². The average Bonchev–Trinajstić information content (AvgIpc) is 3.37. The van der Waals surface area contributed by atoms with Gasteiger partial charge in [-0.2, -0.15) is 5.10 Å². The molecule has 2 unspecified atom stereocenters. The van der Waals surface area contributed by atoms with Gasteiger partial charge in [0.15, 0.2) is 5.82 Å². The van der Waals surface area contributed by atoms with Crippen molar-refractivity contribution in [2.75, 3.05) is 43.2 Å². The quantitative estimate of drug-likeness (QED) is 0.309. The summed E-state index contributed by atoms with van der Waals surface area (Å²) in [6, 6.07) is 13.1. The number of hydrogen-bond donors (Lipinski definition) is 0. The number of nitrogens with zero attached hydrogens (tertiary/aromatic N) is 6. The predicted octanol–water partition coefficient (Wildman–Crippen LogP) is 5.66. The minimum absolute atomic E-state index is 0.00780. The van der Waals surface area contributed by atoms with E-state index in [-0.39, 0.29) is 17.6 Å². The van der Waals surface area contributed by atoms with Gasteiger partial charge in [0, 0.05) is 80.3 Å². The van der Waals surface area contributed by atoms with E-state index in [1.54, 1.807) is 0 Å². The Kier molecular flexibility index (Phi) is 6.74. The van der Waals surface area contributed by atoms with Crippen LogP contribution in [0.4, 0.5) is 11.5 Å². The molecule has 0 amide bonds. The van der Waals surface area contributed by atoms with Gasteiger partial charge in [0.25, 0.3) is 0 Å². The van der Waals surface area contributed by atoms with Gasteiger partial charge in [0.1, 0.15) is 5.82 Å². The molecule has 4 aromatic rings. The van der Waals surface area contributed by atoms with Crippen LogP contribution in [0.2, 0.25) is 0 Å². The average molecular weight is 567 g/mol. The smallest absolute Gasteiger partial charge is 0.163 e. The van der Waals surface area contributed by atoms with Gasteiger partial charge in [-0.15, -0.1) is 0 Å². The van der Waals surface area contributed by atoms with E-state index in [0.717, 1.165) is 79.4 Å². The van der Waals surface area contributed by atoms with E-state index >= 15 is 0 Å². The zero-order chi connectivity index (χ0) is 29.2. The van der Waals surface area contributed by atoms with Gasteiger partial charge >= 0.3 is 0 Å². The fourth-order valence-electron chi connectivity index (χ4n) is 7.46. The molecule has 8 nitrogen and oxygen atoms in total. The highest BCUT2D eigenvalue weighted by molar-refractivity contribution is 5.92. The first-order chi connectivity index (χ1) is 20.2. The van der Waals surface area contributed by atoms with E-state index < -0.39 is 0 Å². The topological polar surface area (TPSA) is 68.5 Å². The maximum absolute atomic E-state index is 5.90. The van der Waals surface area contributed by atoms with Crippen molar-refractivity contribution in [2.24, 2.45) is 12.5 Å².